The predicted octanol–water partition coefficient (Wildman–Crippen LogP) is 0.590. The zero-order valence-corrected chi connectivity index (χ0v) is 5.97. The number of anilines is 1. The van der Waals surface area contributed by atoms with Crippen LogP contribution in [0.15, 0.2) is 0 Å². The van der Waals surface area contributed by atoms with Gasteiger partial charge in [-0.3, -0.25) is 5.73 Å². The first-order valence-corrected chi connectivity index (χ1v) is 2.93. The first kappa shape index (κ1) is 6.80. The second-order valence-corrected chi connectivity index (χ2v) is 2.14. The van der Waals surface area contributed by atoms with E-state index in [-0.39, 0.29) is 5.95 Å². The molecule has 0 aromatic carbocycles. The summed E-state index contributed by atoms with van der Waals surface area (Å²) >= 11 is 0. The zero-order chi connectivity index (χ0) is 7.72. The van der Waals surface area contributed by atoms with Crippen LogP contribution in [0.25, 0.3) is 0 Å². The predicted molar refractivity (Wildman–Crippen MR) is 38.7 cm³/mol. The number of nitrogens with two attached hydrogens (primary N) is 1. The Morgan fingerprint density at radius 2 is 1.90 bits per heavy atom. The summed E-state index contributed by atoms with van der Waals surface area (Å²) in [7, 11) is 0. The van der Waals surface area contributed by atoms with Crippen LogP contribution in [-0.2, 0) is 0 Å². The molecule has 0 unspecified atom stereocenters. The first-order valence-electron chi connectivity index (χ1n) is 2.93. The van der Waals surface area contributed by atoms with Gasteiger partial charge in [0.15, 0.2) is 0 Å². The van der Waals surface area contributed by atoms with Crippen molar-refractivity contribution in [1.82, 2.24) is 15.7 Å². The Morgan fingerprint density at radius 3 is 2.40 bits per heavy atom. The standard InChI is InChI=1S/C6H9N4/c1-3-4(2)9-6(8)10-5(3)7/h8H,1-2H3,(H2,7,9,10). The van der Waals surface area contributed by atoms with Gasteiger partial charge in [-0.05, 0) is 13.8 Å². The molecule has 1 radical (unpaired) electrons. The van der Waals surface area contributed by atoms with Crippen molar-refractivity contribution in [2.45, 2.75) is 13.8 Å². The van der Waals surface area contributed by atoms with E-state index in [0.717, 1.165) is 11.3 Å². The van der Waals surface area contributed by atoms with Crippen LogP contribution < -0.4 is 11.5 Å². The summed E-state index contributed by atoms with van der Waals surface area (Å²) in [6.07, 6.45) is 0. The van der Waals surface area contributed by atoms with Crippen LogP contribution in [-0.4, -0.2) is 9.97 Å². The van der Waals surface area contributed by atoms with Crippen molar-refractivity contribution in [3.63, 3.8) is 0 Å². The molecule has 4 heteroatoms. The summed E-state index contributed by atoms with van der Waals surface area (Å²) < 4.78 is 0. The van der Waals surface area contributed by atoms with Gasteiger partial charge in [0.25, 0.3) is 0 Å². The lowest BCUT2D eigenvalue weighted by atomic mass is 10.2. The highest BCUT2D eigenvalue weighted by Gasteiger charge is 2.00. The Bertz CT molecular complexity index is 233. The van der Waals surface area contributed by atoms with Gasteiger partial charge in [-0.15, -0.1) is 0 Å². The minimum atomic E-state index is -0.0133. The van der Waals surface area contributed by atoms with Gasteiger partial charge >= 0.3 is 0 Å². The summed E-state index contributed by atoms with van der Waals surface area (Å²) in [5, 5.41) is 0. The van der Waals surface area contributed by atoms with Crippen molar-refractivity contribution in [3.8, 4) is 0 Å². The van der Waals surface area contributed by atoms with E-state index in [1.165, 1.54) is 0 Å². The van der Waals surface area contributed by atoms with E-state index >= 15 is 0 Å². The van der Waals surface area contributed by atoms with Crippen LogP contribution in [0.2, 0.25) is 0 Å². The monoisotopic (exact) mass is 137 g/mol. The zero-order valence-electron chi connectivity index (χ0n) is 5.97. The van der Waals surface area contributed by atoms with Crippen LogP contribution in [0, 0.1) is 13.8 Å². The lowest BCUT2D eigenvalue weighted by Crippen LogP contribution is -1.99. The van der Waals surface area contributed by atoms with E-state index in [4.69, 9.17) is 11.5 Å². The average molecular weight is 137 g/mol. The smallest absolute Gasteiger partial charge is 0.243 e. The number of aromatic nitrogens is 2. The molecule has 0 aliphatic rings. The highest BCUT2D eigenvalue weighted by Crippen LogP contribution is 2.11. The highest BCUT2D eigenvalue weighted by atomic mass is 15.0. The van der Waals surface area contributed by atoms with Gasteiger partial charge in [0.1, 0.15) is 5.82 Å². The molecule has 1 aromatic heterocycles. The molecule has 0 fully saturated rings. The largest absolute Gasteiger partial charge is 0.383 e. The molecular weight excluding hydrogens is 128 g/mol. The van der Waals surface area contributed by atoms with E-state index in [1.807, 2.05) is 13.8 Å². The highest BCUT2D eigenvalue weighted by molar-refractivity contribution is 5.43. The average Bonchev–Trinajstić information content (AvgIpc) is 1.82. The Balaban J connectivity index is 3.31. The third kappa shape index (κ3) is 1.00. The summed E-state index contributed by atoms with van der Waals surface area (Å²) in [5.74, 6) is 0.387. The molecule has 10 heavy (non-hydrogen) atoms. The number of hydrogen-bond donors (Lipinski definition) is 1. The van der Waals surface area contributed by atoms with E-state index in [0.29, 0.717) is 5.82 Å². The number of nitrogen functional groups attached to an aromatic ring is 1. The van der Waals surface area contributed by atoms with Crippen LogP contribution in [0.3, 0.4) is 0 Å². The van der Waals surface area contributed by atoms with Crippen molar-refractivity contribution < 1.29 is 0 Å². The number of nitrogens with one attached hydrogen (secondary N) is 1. The third-order valence-corrected chi connectivity index (χ3v) is 1.43. The number of hydrogen-bond acceptors (Lipinski definition) is 3. The molecule has 0 saturated heterocycles. The first-order chi connectivity index (χ1) is 4.61. The van der Waals surface area contributed by atoms with Gasteiger partial charge in [-0.2, -0.15) is 4.98 Å². The van der Waals surface area contributed by atoms with Crippen LogP contribution in [0.5, 0.6) is 0 Å². The summed E-state index contributed by atoms with van der Waals surface area (Å²) in [6.45, 7) is 3.65. The Labute approximate surface area is 59.3 Å². The molecule has 0 aliphatic carbocycles. The number of nitrogens with zero attached hydrogens (tertiary/aromatic N) is 2. The van der Waals surface area contributed by atoms with Crippen LogP contribution in [0.4, 0.5) is 11.8 Å². The second kappa shape index (κ2) is 2.13. The van der Waals surface area contributed by atoms with Gasteiger partial charge in [0.05, 0.1) is 0 Å². The minimum absolute atomic E-state index is 0.0133. The van der Waals surface area contributed by atoms with Gasteiger partial charge < -0.3 is 5.73 Å². The van der Waals surface area contributed by atoms with E-state index in [2.05, 4.69) is 9.97 Å². The summed E-state index contributed by atoms with van der Waals surface area (Å²) in [5.41, 5.74) is 14.2. The molecule has 0 bridgehead atoms. The molecule has 0 atom stereocenters. The van der Waals surface area contributed by atoms with Gasteiger partial charge in [0, 0.05) is 11.3 Å². The molecule has 0 aliphatic heterocycles. The minimum Gasteiger partial charge on any atom is -0.383 e. The molecule has 0 saturated carbocycles. The van der Waals surface area contributed by atoms with E-state index < -0.39 is 0 Å². The van der Waals surface area contributed by atoms with Crippen molar-refractivity contribution >= 4 is 11.8 Å². The number of rotatable bonds is 0. The maximum absolute atomic E-state index is 7.07. The fourth-order valence-corrected chi connectivity index (χ4v) is 0.651. The number of aryl methyl sites for hydroxylation is 1. The maximum Gasteiger partial charge on any atom is 0.243 e. The quantitative estimate of drug-likeness (QED) is 0.568. The van der Waals surface area contributed by atoms with Crippen molar-refractivity contribution in [3.05, 3.63) is 11.3 Å². The second-order valence-electron chi connectivity index (χ2n) is 2.14. The fourth-order valence-electron chi connectivity index (χ4n) is 0.651. The fraction of sp³-hybridized carbons (Fsp3) is 0.333. The molecule has 4 nitrogen and oxygen atoms in total. The summed E-state index contributed by atoms with van der Waals surface area (Å²) in [4.78, 5) is 7.48. The molecule has 0 spiro atoms. The van der Waals surface area contributed by atoms with Gasteiger partial charge in [0.2, 0.25) is 5.95 Å². The maximum atomic E-state index is 7.07. The molecule has 3 N–H and O–H groups in total. The molecule has 0 amide bonds. The van der Waals surface area contributed by atoms with Crippen molar-refractivity contribution in [2.75, 3.05) is 5.73 Å². The van der Waals surface area contributed by atoms with Crippen LogP contribution in [0.1, 0.15) is 11.3 Å². The normalized spacial score (nSPS) is 9.80. The lowest BCUT2D eigenvalue weighted by Gasteiger charge is -2.01. The third-order valence-electron chi connectivity index (χ3n) is 1.43. The SMILES string of the molecule is Cc1nc([NH])nc(N)c1C. The Kier molecular flexibility index (Phi) is 1.45. The van der Waals surface area contributed by atoms with Crippen molar-refractivity contribution in [2.24, 2.45) is 0 Å². The van der Waals surface area contributed by atoms with Gasteiger partial charge in [-0.1, -0.05) is 0 Å². The van der Waals surface area contributed by atoms with E-state index in [1.54, 1.807) is 0 Å². The molecule has 1 rings (SSSR count). The summed E-state index contributed by atoms with van der Waals surface area (Å²) in [6, 6.07) is 0. The molecule has 1 aromatic rings. The topological polar surface area (TPSA) is 75.6 Å². The van der Waals surface area contributed by atoms with Gasteiger partial charge in [-0.25, -0.2) is 4.98 Å². The molecule has 1 heterocycles. The van der Waals surface area contributed by atoms with Crippen molar-refractivity contribution in [1.29, 1.82) is 0 Å². The molecular formula is C6H9N4. The van der Waals surface area contributed by atoms with E-state index in [9.17, 15) is 0 Å². The van der Waals surface area contributed by atoms with Crippen LogP contribution >= 0.6 is 0 Å². The molecule has 53 valence electrons. The Hall–Kier alpha value is -1.32. The lowest BCUT2D eigenvalue weighted by molar-refractivity contribution is 1.05. The Morgan fingerprint density at radius 1 is 1.30 bits per heavy atom.